The van der Waals surface area contributed by atoms with Crippen LogP contribution >= 0.6 is 24.2 Å². The molecule has 1 N–H and O–H groups in total. The molecule has 0 spiro atoms. The predicted octanol–water partition coefficient (Wildman–Crippen LogP) is 2.47. The number of carbonyl (C=O) groups excluding carboxylic acids is 1. The van der Waals surface area contributed by atoms with Crippen LogP contribution in [0.15, 0.2) is 23.1 Å². The van der Waals surface area contributed by atoms with E-state index < -0.39 is 0 Å². The van der Waals surface area contributed by atoms with Crippen LogP contribution in [0.3, 0.4) is 0 Å². The molecule has 5 heteroatoms. The van der Waals surface area contributed by atoms with Crippen molar-refractivity contribution >= 4 is 30.1 Å². The monoisotopic (exact) mass is 297 g/mol. The lowest BCUT2D eigenvalue weighted by molar-refractivity contribution is 0.0752. The molecule has 2 aliphatic rings. The Morgan fingerprint density at radius 1 is 1.37 bits per heavy atom. The Hall–Kier alpha value is -0.710. The minimum Gasteiger partial charge on any atom is -0.393 e. The smallest absolute Gasteiger partial charge is 0.255 e. The number of thiol groups is 1. The number of aliphatic hydroxyl groups is 1. The molecule has 1 heterocycles. The Balaban J connectivity index is 1.80. The Morgan fingerprint density at radius 3 is 2.89 bits per heavy atom. The van der Waals surface area contributed by atoms with Gasteiger partial charge in [0.1, 0.15) is 0 Å². The Labute approximate surface area is 123 Å². The van der Waals surface area contributed by atoms with E-state index in [2.05, 4.69) is 12.6 Å². The maximum Gasteiger partial charge on any atom is 0.255 e. The number of halogens is 1. The molecule has 3 nitrogen and oxygen atoms in total. The van der Waals surface area contributed by atoms with Crippen LogP contribution in [0.2, 0.25) is 5.02 Å². The van der Waals surface area contributed by atoms with Gasteiger partial charge >= 0.3 is 0 Å². The highest BCUT2D eigenvalue weighted by atomic mass is 35.5. The van der Waals surface area contributed by atoms with E-state index in [1.165, 1.54) is 0 Å². The lowest BCUT2D eigenvalue weighted by atomic mass is 10.00. The van der Waals surface area contributed by atoms with E-state index in [9.17, 15) is 9.90 Å². The van der Waals surface area contributed by atoms with E-state index in [1.54, 1.807) is 18.2 Å². The normalized spacial score (nSPS) is 29.6. The van der Waals surface area contributed by atoms with Gasteiger partial charge in [0.25, 0.3) is 5.91 Å². The molecule has 1 aromatic rings. The summed E-state index contributed by atoms with van der Waals surface area (Å²) in [5.74, 6) is 0.626. The number of fused-ring (bicyclic) bond motifs is 1. The first-order valence-corrected chi connectivity index (χ1v) is 7.34. The fraction of sp³-hybridized carbons (Fsp3) is 0.500. The molecule has 1 amide bonds. The lowest BCUT2D eigenvalue weighted by Crippen LogP contribution is -2.31. The van der Waals surface area contributed by atoms with Gasteiger partial charge in [0.2, 0.25) is 0 Å². The molecule has 1 saturated heterocycles. The zero-order chi connectivity index (χ0) is 13.6. The van der Waals surface area contributed by atoms with E-state index in [0.717, 1.165) is 24.3 Å². The molecular formula is C14H16ClNO2S. The Kier molecular flexibility index (Phi) is 3.50. The summed E-state index contributed by atoms with van der Waals surface area (Å²) in [4.78, 5) is 15.0. The zero-order valence-corrected chi connectivity index (χ0v) is 12.1. The van der Waals surface area contributed by atoms with Crippen molar-refractivity contribution in [1.82, 2.24) is 4.90 Å². The summed E-state index contributed by atoms with van der Waals surface area (Å²) in [7, 11) is 0. The van der Waals surface area contributed by atoms with Crippen LogP contribution in [0, 0.1) is 11.8 Å². The average molecular weight is 298 g/mol. The Morgan fingerprint density at radius 2 is 2.16 bits per heavy atom. The summed E-state index contributed by atoms with van der Waals surface area (Å²) >= 11 is 10.3. The second kappa shape index (κ2) is 5.00. The maximum atomic E-state index is 12.5. The number of carbonyl (C=O) groups is 1. The third kappa shape index (κ3) is 2.37. The largest absolute Gasteiger partial charge is 0.393 e. The number of benzene rings is 1. The van der Waals surface area contributed by atoms with Crippen LogP contribution in [-0.4, -0.2) is 35.1 Å². The van der Waals surface area contributed by atoms with Crippen molar-refractivity contribution in [3.05, 3.63) is 28.8 Å². The summed E-state index contributed by atoms with van der Waals surface area (Å²) in [5.41, 5.74) is 0.503. The van der Waals surface area contributed by atoms with Crippen molar-refractivity contribution < 1.29 is 9.90 Å². The molecule has 3 unspecified atom stereocenters. The number of rotatable bonds is 1. The SMILES string of the molecule is O=C(c1cc(S)ccc1Cl)N1CC2CCC(O)C2C1. The first-order chi connectivity index (χ1) is 9.06. The molecule has 2 fully saturated rings. The van der Waals surface area contributed by atoms with Gasteiger partial charge in [0.05, 0.1) is 16.7 Å². The number of hydrogen-bond donors (Lipinski definition) is 2. The molecule has 1 saturated carbocycles. The van der Waals surface area contributed by atoms with Crippen molar-refractivity contribution in [2.24, 2.45) is 11.8 Å². The minimum atomic E-state index is -0.255. The van der Waals surface area contributed by atoms with Crippen molar-refractivity contribution in [3.8, 4) is 0 Å². The summed E-state index contributed by atoms with van der Waals surface area (Å²) < 4.78 is 0. The second-order valence-electron chi connectivity index (χ2n) is 5.44. The topological polar surface area (TPSA) is 40.5 Å². The molecule has 1 aliphatic carbocycles. The molecule has 1 aliphatic heterocycles. The van der Waals surface area contributed by atoms with Crippen LogP contribution in [-0.2, 0) is 0 Å². The average Bonchev–Trinajstić information content (AvgIpc) is 2.94. The van der Waals surface area contributed by atoms with E-state index >= 15 is 0 Å². The highest BCUT2D eigenvalue weighted by molar-refractivity contribution is 7.80. The van der Waals surface area contributed by atoms with E-state index in [1.807, 2.05) is 4.90 Å². The van der Waals surface area contributed by atoms with Gasteiger partial charge in [-0.15, -0.1) is 12.6 Å². The van der Waals surface area contributed by atoms with Crippen LogP contribution in [0.1, 0.15) is 23.2 Å². The van der Waals surface area contributed by atoms with Gasteiger partial charge in [-0.25, -0.2) is 0 Å². The van der Waals surface area contributed by atoms with Gasteiger partial charge in [0, 0.05) is 23.9 Å². The fourth-order valence-electron chi connectivity index (χ4n) is 3.25. The van der Waals surface area contributed by atoms with E-state index in [0.29, 0.717) is 23.0 Å². The fourth-order valence-corrected chi connectivity index (χ4v) is 3.65. The van der Waals surface area contributed by atoms with Gasteiger partial charge < -0.3 is 10.0 Å². The number of nitrogens with zero attached hydrogens (tertiary/aromatic N) is 1. The molecule has 3 atom stereocenters. The third-order valence-corrected chi connectivity index (χ3v) is 4.89. The van der Waals surface area contributed by atoms with Crippen molar-refractivity contribution in [2.45, 2.75) is 23.8 Å². The summed E-state index contributed by atoms with van der Waals surface area (Å²) in [6, 6.07) is 5.17. The van der Waals surface area contributed by atoms with Crippen LogP contribution in [0.4, 0.5) is 0 Å². The van der Waals surface area contributed by atoms with Gasteiger partial charge in [0.15, 0.2) is 0 Å². The van der Waals surface area contributed by atoms with Gasteiger partial charge in [-0.2, -0.15) is 0 Å². The summed E-state index contributed by atoms with van der Waals surface area (Å²) in [6.45, 7) is 1.37. The predicted molar refractivity (Wildman–Crippen MR) is 76.8 cm³/mol. The number of amides is 1. The Bertz CT molecular complexity index is 522. The first kappa shape index (κ1) is 13.3. The molecule has 0 radical (unpaired) electrons. The van der Waals surface area contributed by atoms with Gasteiger partial charge in [-0.1, -0.05) is 11.6 Å². The molecule has 1 aromatic carbocycles. The van der Waals surface area contributed by atoms with Crippen molar-refractivity contribution in [1.29, 1.82) is 0 Å². The van der Waals surface area contributed by atoms with Crippen LogP contribution in [0.25, 0.3) is 0 Å². The van der Waals surface area contributed by atoms with Crippen molar-refractivity contribution in [2.75, 3.05) is 13.1 Å². The molecule has 102 valence electrons. The van der Waals surface area contributed by atoms with Crippen molar-refractivity contribution in [3.63, 3.8) is 0 Å². The quantitative estimate of drug-likeness (QED) is 0.782. The number of likely N-dealkylation sites (tertiary alicyclic amines) is 1. The highest BCUT2D eigenvalue weighted by Gasteiger charge is 2.43. The van der Waals surface area contributed by atoms with Gasteiger partial charge in [-0.05, 0) is 37.0 Å². The molecular weight excluding hydrogens is 282 g/mol. The first-order valence-electron chi connectivity index (χ1n) is 6.52. The van der Waals surface area contributed by atoms with Gasteiger partial charge in [-0.3, -0.25) is 4.79 Å². The molecule has 0 bridgehead atoms. The molecule has 19 heavy (non-hydrogen) atoms. The number of aliphatic hydroxyl groups excluding tert-OH is 1. The summed E-state index contributed by atoms with van der Waals surface area (Å²) in [5, 5.41) is 10.4. The molecule has 3 rings (SSSR count). The van der Waals surface area contributed by atoms with Crippen LogP contribution in [0.5, 0.6) is 0 Å². The van der Waals surface area contributed by atoms with E-state index in [-0.39, 0.29) is 17.9 Å². The summed E-state index contributed by atoms with van der Waals surface area (Å²) in [6.07, 6.45) is 1.62. The maximum absolute atomic E-state index is 12.5. The standard InChI is InChI=1S/C14H16ClNO2S/c15-12-3-2-9(19)5-10(12)14(18)16-6-8-1-4-13(17)11(8)7-16/h2-3,5,8,11,13,17,19H,1,4,6-7H2. The highest BCUT2D eigenvalue weighted by Crippen LogP contribution is 2.38. The van der Waals surface area contributed by atoms with E-state index in [4.69, 9.17) is 11.6 Å². The lowest BCUT2D eigenvalue weighted by Gasteiger charge is -2.19. The zero-order valence-electron chi connectivity index (χ0n) is 10.4. The second-order valence-corrected chi connectivity index (χ2v) is 6.37. The minimum absolute atomic E-state index is 0.0532. The van der Waals surface area contributed by atoms with Crippen LogP contribution < -0.4 is 0 Å². The number of hydrogen-bond acceptors (Lipinski definition) is 3. The third-order valence-electron chi connectivity index (χ3n) is 4.29. The molecule has 0 aromatic heterocycles.